The normalized spacial score (nSPS) is 10.4. The van der Waals surface area contributed by atoms with Crippen molar-refractivity contribution in [3.05, 3.63) is 58.1 Å². The van der Waals surface area contributed by atoms with Gasteiger partial charge in [-0.1, -0.05) is 11.6 Å². The Morgan fingerprint density at radius 2 is 1.85 bits per heavy atom. The van der Waals surface area contributed by atoms with Gasteiger partial charge in [-0.3, -0.25) is 4.79 Å². The van der Waals surface area contributed by atoms with Crippen LogP contribution in [0.1, 0.15) is 15.9 Å². The number of benzene rings is 1. The zero-order valence-corrected chi connectivity index (χ0v) is 10.9. The first-order valence-corrected chi connectivity index (χ1v) is 5.85. The van der Waals surface area contributed by atoms with Crippen molar-refractivity contribution < 1.29 is 18.0 Å². The molecule has 2 rings (SSSR count). The van der Waals surface area contributed by atoms with Crippen molar-refractivity contribution >= 4 is 23.2 Å². The molecule has 0 bridgehead atoms. The summed E-state index contributed by atoms with van der Waals surface area (Å²) in [6.45, 7) is 1.68. The summed E-state index contributed by atoms with van der Waals surface area (Å²) in [7, 11) is 0. The summed E-state index contributed by atoms with van der Waals surface area (Å²) in [4.78, 5) is 15.7. The van der Waals surface area contributed by atoms with Gasteiger partial charge >= 0.3 is 0 Å². The molecule has 3 nitrogen and oxygen atoms in total. The maximum atomic E-state index is 13.1. The Hall–Kier alpha value is -2.08. The molecule has 0 saturated carbocycles. The number of nitrogens with zero attached hydrogens (tertiary/aromatic N) is 1. The number of aromatic nitrogens is 1. The smallest absolute Gasteiger partial charge is 0.255 e. The van der Waals surface area contributed by atoms with E-state index in [1.807, 2.05) is 0 Å². The van der Waals surface area contributed by atoms with Gasteiger partial charge in [-0.2, -0.15) is 0 Å². The van der Waals surface area contributed by atoms with E-state index in [-0.39, 0.29) is 16.4 Å². The standard InChI is InChI=1S/C13H8ClF3N2O/c1-6-2-3-18-12(14)11(6)19-13(20)7-4-8(15)10(17)9(16)5-7/h2-5H,1H3,(H,19,20). The van der Waals surface area contributed by atoms with E-state index in [1.54, 1.807) is 13.0 Å². The van der Waals surface area contributed by atoms with Crippen LogP contribution in [0.25, 0.3) is 0 Å². The van der Waals surface area contributed by atoms with Gasteiger partial charge in [0, 0.05) is 11.8 Å². The molecule has 20 heavy (non-hydrogen) atoms. The molecule has 1 heterocycles. The van der Waals surface area contributed by atoms with E-state index in [9.17, 15) is 18.0 Å². The topological polar surface area (TPSA) is 42.0 Å². The fraction of sp³-hybridized carbons (Fsp3) is 0.0769. The first-order valence-electron chi connectivity index (χ1n) is 5.47. The highest BCUT2D eigenvalue weighted by atomic mass is 35.5. The third kappa shape index (κ3) is 2.75. The largest absolute Gasteiger partial charge is 0.319 e. The van der Waals surface area contributed by atoms with Gasteiger partial charge in [0.15, 0.2) is 22.6 Å². The zero-order chi connectivity index (χ0) is 14.9. The van der Waals surface area contributed by atoms with E-state index in [1.165, 1.54) is 6.20 Å². The molecule has 0 fully saturated rings. The molecule has 1 N–H and O–H groups in total. The van der Waals surface area contributed by atoms with Crippen LogP contribution in [0.5, 0.6) is 0 Å². The number of hydrogen-bond acceptors (Lipinski definition) is 2. The highest BCUT2D eigenvalue weighted by Crippen LogP contribution is 2.24. The van der Waals surface area contributed by atoms with E-state index in [0.29, 0.717) is 17.7 Å². The van der Waals surface area contributed by atoms with E-state index >= 15 is 0 Å². The van der Waals surface area contributed by atoms with E-state index in [0.717, 1.165) is 0 Å². The van der Waals surface area contributed by atoms with Gasteiger partial charge < -0.3 is 5.32 Å². The number of anilines is 1. The molecule has 2 aromatic rings. The summed E-state index contributed by atoms with van der Waals surface area (Å²) in [5, 5.41) is 2.42. The minimum Gasteiger partial charge on any atom is -0.319 e. The Bertz CT molecular complexity index is 648. The molecule has 104 valence electrons. The number of hydrogen-bond donors (Lipinski definition) is 1. The minimum atomic E-state index is -1.63. The lowest BCUT2D eigenvalue weighted by molar-refractivity contribution is 0.102. The summed E-state index contributed by atoms with van der Waals surface area (Å²) >= 11 is 5.81. The van der Waals surface area contributed by atoms with Crippen LogP contribution in [0.2, 0.25) is 5.15 Å². The fourth-order valence-corrected chi connectivity index (χ4v) is 1.80. The Kier molecular flexibility index (Phi) is 3.94. The number of nitrogens with one attached hydrogen (secondary N) is 1. The van der Waals surface area contributed by atoms with Crippen molar-refractivity contribution in [1.29, 1.82) is 0 Å². The first kappa shape index (κ1) is 14.3. The summed E-state index contributed by atoms with van der Waals surface area (Å²) in [5.74, 6) is -5.33. The summed E-state index contributed by atoms with van der Waals surface area (Å²) < 4.78 is 38.9. The number of halogens is 4. The van der Waals surface area contributed by atoms with Crippen LogP contribution in [-0.2, 0) is 0 Å². The van der Waals surface area contributed by atoms with E-state index in [4.69, 9.17) is 11.6 Å². The molecule has 1 aromatic heterocycles. The molecule has 0 atom stereocenters. The molecule has 0 unspecified atom stereocenters. The van der Waals surface area contributed by atoms with Crippen LogP contribution in [0.15, 0.2) is 24.4 Å². The molecule has 0 aliphatic carbocycles. The van der Waals surface area contributed by atoms with Crippen molar-refractivity contribution in [1.82, 2.24) is 4.98 Å². The molecular weight excluding hydrogens is 293 g/mol. The van der Waals surface area contributed by atoms with Crippen LogP contribution >= 0.6 is 11.6 Å². The fourth-order valence-electron chi connectivity index (χ4n) is 1.55. The third-order valence-electron chi connectivity index (χ3n) is 2.60. The van der Waals surface area contributed by atoms with E-state index < -0.39 is 23.4 Å². The average molecular weight is 301 g/mol. The van der Waals surface area contributed by atoms with Gasteiger partial charge in [0.2, 0.25) is 0 Å². The van der Waals surface area contributed by atoms with Crippen molar-refractivity contribution in [2.24, 2.45) is 0 Å². The van der Waals surface area contributed by atoms with Crippen LogP contribution < -0.4 is 5.32 Å². The number of pyridine rings is 1. The lowest BCUT2D eigenvalue weighted by atomic mass is 10.1. The molecule has 1 aromatic carbocycles. The first-order chi connectivity index (χ1) is 9.40. The Balaban J connectivity index is 2.34. The Morgan fingerprint density at radius 3 is 2.40 bits per heavy atom. The van der Waals surface area contributed by atoms with Crippen LogP contribution in [0, 0.1) is 24.4 Å². The summed E-state index contributed by atoms with van der Waals surface area (Å²) in [6, 6.07) is 2.81. The molecule has 0 radical (unpaired) electrons. The maximum absolute atomic E-state index is 13.1. The van der Waals surface area contributed by atoms with Crippen LogP contribution in [0.4, 0.5) is 18.9 Å². The number of amides is 1. The quantitative estimate of drug-likeness (QED) is 0.678. The average Bonchev–Trinajstić information content (AvgIpc) is 2.39. The van der Waals surface area contributed by atoms with E-state index in [2.05, 4.69) is 10.3 Å². The number of aryl methyl sites for hydroxylation is 1. The molecule has 0 aliphatic heterocycles. The predicted molar refractivity (Wildman–Crippen MR) is 68.3 cm³/mol. The second kappa shape index (κ2) is 5.50. The molecular formula is C13H8ClF3N2O. The third-order valence-corrected chi connectivity index (χ3v) is 2.88. The highest BCUT2D eigenvalue weighted by Gasteiger charge is 2.16. The van der Waals surface area contributed by atoms with Gasteiger partial charge in [0.25, 0.3) is 5.91 Å². The molecule has 0 saturated heterocycles. The second-order valence-corrected chi connectivity index (χ2v) is 4.36. The summed E-state index contributed by atoms with van der Waals surface area (Å²) in [6.07, 6.45) is 1.45. The van der Waals surface area contributed by atoms with Gasteiger partial charge in [0.05, 0.1) is 5.69 Å². The monoisotopic (exact) mass is 300 g/mol. The van der Waals surface area contributed by atoms with Crippen LogP contribution in [0.3, 0.4) is 0 Å². The number of carbonyl (C=O) groups is 1. The summed E-state index contributed by atoms with van der Waals surface area (Å²) in [5.41, 5.74) is 0.492. The van der Waals surface area contributed by atoms with Gasteiger partial charge in [-0.05, 0) is 30.7 Å². The van der Waals surface area contributed by atoms with Crippen molar-refractivity contribution in [3.8, 4) is 0 Å². The number of carbonyl (C=O) groups excluding carboxylic acids is 1. The zero-order valence-electron chi connectivity index (χ0n) is 10.2. The molecule has 1 amide bonds. The van der Waals surface area contributed by atoms with Crippen molar-refractivity contribution in [3.63, 3.8) is 0 Å². The maximum Gasteiger partial charge on any atom is 0.255 e. The highest BCUT2D eigenvalue weighted by molar-refractivity contribution is 6.32. The Morgan fingerprint density at radius 1 is 1.25 bits per heavy atom. The lowest BCUT2D eigenvalue weighted by Crippen LogP contribution is -2.14. The van der Waals surface area contributed by atoms with Crippen LogP contribution in [-0.4, -0.2) is 10.9 Å². The predicted octanol–water partition coefficient (Wildman–Crippen LogP) is 3.71. The SMILES string of the molecule is Cc1ccnc(Cl)c1NC(=O)c1cc(F)c(F)c(F)c1. The minimum absolute atomic E-state index is 0.0430. The second-order valence-electron chi connectivity index (χ2n) is 4.00. The molecule has 7 heteroatoms. The molecule has 0 aliphatic rings. The Labute approximate surface area is 117 Å². The van der Waals surface area contributed by atoms with Crippen molar-refractivity contribution in [2.75, 3.05) is 5.32 Å². The lowest BCUT2D eigenvalue weighted by Gasteiger charge is -2.09. The van der Waals surface area contributed by atoms with Gasteiger partial charge in [-0.25, -0.2) is 18.2 Å². The number of rotatable bonds is 2. The van der Waals surface area contributed by atoms with Gasteiger partial charge in [0.1, 0.15) is 0 Å². The molecule has 0 spiro atoms. The van der Waals surface area contributed by atoms with Gasteiger partial charge in [-0.15, -0.1) is 0 Å². The van der Waals surface area contributed by atoms with Crippen molar-refractivity contribution in [2.45, 2.75) is 6.92 Å².